The minimum atomic E-state index is -1.25. The summed E-state index contributed by atoms with van der Waals surface area (Å²) in [6, 6.07) is 0. The Balaban J connectivity index is 1.90. The lowest BCUT2D eigenvalue weighted by atomic mass is 9.46. The molecule has 0 amide bonds. The molecule has 0 aromatic rings. The van der Waals surface area contributed by atoms with E-state index in [0.717, 1.165) is 24.8 Å². The highest BCUT2D eigenvalue weighted by Crippen LogP contribution is 2.59. The van der Waals surface area contributed by atoms with Crippen molar-refractivity contribution < 1.29 is 28.7 Å². The fraction of sp³-hybridized carbons (Fsp3) is 0.667. The molecule has 0 radical (unpaired) electrons. The van der Waals surface area contributed by atoms with Gasteiger partial charge in [0.2, 0.25) is 0 Å². The van der Waals surface area contributed by atoms with Crippen LogP contribution < -0.4 is 0 Å². The van der Waals surface area contributed by atoms with Gasteiger partial charge in [-0.2, -0.15) is 0 Å². The zero-order valence-corrected chi connectivity index (χ0v) is 18.4. The number of hydrogen-bond acceptors (Lipinski definition) is 6. The van der Waals surface area contributed by atoms with E-state index in [2.05, 4.69) is 13.8 Å². The first kappa shape index (κ1) is 22.4. The van der Waals surface area contributed by atoms with Crippen molar-refractivity contribution in [3.63, 3.8) is 0 Å². The molecule has 0 aromatic heterocycles. The van der Waals surface area contributed by atoms with E-state index in [1.807, 2.05) is 0 Å². The van der Waals surface area contributed by atoms with Crippen LogP contribution in [0.1, 0.15) is 66.2 Å². The van der Waals surface area contributed by atoms with Crippen LogP contribution in [0.15, 0.2) is 23.3 Å². The molecule has 1 heterocycles. The van der Waals surface area contributed by atoms with Crippen molar-refractivity contribution in [1.82, 2.24) is 0 Å². The fourth-order valence-corrected chi connectivity index (χ4v) is 5.49. The van der Waals surface area contributed by atoms with Crippen LogP contribution in [0, 0.1) is 22.7 Å². The topological polar surface area (TPSA) is 86.7 Å². The van der Waals surface area contributed by atoms with Crippen LogP contribution in [0.5, 0.6) is 0 Å². The number of cyclic esters (lactones) is 1. The largest absolute Gasteiger partial charge is 0.461 e. The number of ether oxygens (including phenoxy) is 2. The second-order valence-electron chi connectivity index (χ2n) is 9.33. The highest BCUT2D eigenvalue weighted by molar-refractivity contribution is 6.09. The maximum Gasteiger partial charge on any atom is 0.333 e. The van der Waals surface area contributed by atoms with Crippen LogP contribution in [-0.4, -0.2) is 36.7 Å². The maximum atomic E-state index is 13.3. The van der Waals surface area contributed by atoms with Gasteiger partial charge in [-0.3, -0.25) is 9.59 Å². The van der Waals surface area contributed by atoms with Gasteiger partial charge in [-0.15, -0.1) is 0 Å². The van der Waals surface area contributed by atoms with Crippen LogP contribution in [-0.2, 0) is 28.7 Å². The Kier molecular flexibility index (Phi) is 6.34. The Morgan fingerprint density at radius 2 is 2.03 bits per heavy atom. The van der Waals surface area contributed by atoms with Crippen molar-refractivity contribution in [3.05, 3.63) is 23.3 Å². The molecule has 30 heavy (non-hydrogen) atoms. The minimum absolute atomic E-state index is 0.0910. The highest BCUT2D eigenvalue weighted by atomic mass is 16.5. The van der Waals surface area contributed by atoms with E-state index in [9.17, 15) is 19.2 Å². The average Bonchev–Trinajstić information content (AvgIpc) is 3.14. The summed E-state index contributed by atoms with van der Waals surface area (Å²) in [5, 5.41) is 0. The van der Waals surface area contributed by atoms with Gasteiger partial charge in [-0.05, 0) is 62.4 Å². The van der Waals surface area contributed by atoms with Gasteiger partial charge in [0.15, 0.2) is 0 Å². The molecule has 0 spiro atoms. The van der Waals surface area contributed by atoms with Crippen LogP contribution in [0.4, 0.5) is 0 Å². The monoisotopic (exact) mass is 416 g/mol. The quantitative estimate of drug-likeness (QED) is 0.372. The lowest BCUT2D eigenvalue weighted by molar-refractivity contribution is -0.174. The molecular formula is C24H32O6. The van der Waals surface area contributed by atoms with Gasteiger partial charge in [0.1, 0.15) is 30.2 Å². The van der Waals surface area contributed by atoms with Gasteiger partial charge < -0.3 is 9.47 Å². The van der Waals surface area contributed by atoms with Gasteiger partial charge in [-0.25, -0.2) is 9.59 Å². The lowest BCUT2D eigenvalue weighted by Gasteiger charge is -2.56. The first-order valence-electron chi connectivity index (χ1n) is 10.9. The molecule has 0 unspecified atom stereocenters. The minimum Gasteiger partial charge on any atom is -0.461 e. The molecule has 6 nitrogen and oxygen atoms in total. The number of hydrogen-bond donors (Lipinski definition) is 0. The Labute approximate surface area is 178 Å². The lowest BCUT2D eigenvalue weighted by Crippen LogP contribution is -2.61. The first-order chi connectivity index (χ1) is 14.1. The van der Waals surface area contributed by atoms with E-state index in [1.165, 1.54) is 0 Å². The summed E-state index contributed by atoms with van der Waals surface area (Å²) in [4.78, 5) is 50.2. The second kappa shape index (κ2) is 8.48. The molecule has 4 atom stereocenters. The van der Waals surface area contributed by atoms with E-state index >= 15 is 0 Å². The Morgan fingerprint density at radius 3 is 2.67 bits per heavy atom. The van der Waals surface area contributed by atoms with Crippen LogP contribution in [0.2, 0.25) is 0 Å². The van der Waals surface area contributed by atoms with E-state index in [4.69, 9.17) is 9.47 Å². The van der Waals surface area contributed by atoms with E-state index in [-0.39, 0.29) is 41.4 Å². The normalized spacial score (nSPS) is 34.3. The molecule has 0 saturated heterocycles. The van der Waals surface area contributed by atoms with E-state index in [1.54, 1.807) is 26.0 Å². The van der Waals surface area contributed by atoms with E-state index < -0.39 is 11.4 Å². The zero-order chi connectivity index (χ0) is 22.1. The summed E-state index contributed by atoms with van der Waals surface area (Å²) in [5.74, 6) is -1.06. The molecule has 3 rings (SSSR count). The van der Waals surface area contributed by atoms with Crippen molar-refractivity contribution >= 4 is 23.5 Å². The third-order valence-electron chi connectivity index (χ3n) is 7.79. The SMILES string of the molecule is C/C=C(\C)C(=O)OC[C@]12C(=O)CCC[C@@H]1[C@@](C)(CCC1=CC(=O)OC1)[C@H](C)CC2=O. The number of esters is 2. The third-order valence-corrected chi connectivity index (χ3v) is 7.79. The summed E-state index contributed by atoms with van der Waals surface area (Å²) >= 11 is 0. The molecule has 6 heteroatoms. The summed E-state index contributed by atoms with van der Waals surface area (Å²) in [6.07, 6.45) is 6.80. The van der Waals surface area contributed by atoms with Crippen LogP contribution >= 0.6 is 0 Å². The van der Waals surface area contributed by atoms with E-state index in [0.29, 0.717) is 31.4 Å². The van der Waals surface area contributed by atoms with Crippen molar-refractivity contribution in [1.29, 1.82) is 0 Å². The number of fused-ring (bicyclic) bond motifs is 1. The number of carbonyl (C=O) groups excluding carboxylic acids is 4. The summed E-state index contributed by atoms with van der Waals surface area (Å²) in [5.41, 5.74) is -0.116. The maximum absolute atomic E-state index is 13.3. The molecule has 164 valence electrons. The predicted molar refractivity (Wildman–Crippen MR) is 110 cm³/mol. The average molecular weight is 417 g/mol. The number of rotatable bonds is 6. The Hall–Kier alpha value is -2.24. The standard InChI is InChI=1S/C24H32O6/c1-5-15(2)22(28)30-14-24-18(7-6-8-19(24)25)23(4,16(3)11-20(24)26)10-9-17-12-21(27)29-13-17/h5,12,16,18H,6-11,13-14H2,1-4H3/b15-5+/t16-,18-,23+,24-/m1/s1. The fourth-order valence-electron chi connectivity index (χ4n) is 5.49. The van der Waals surface area contributed by atoms with Crippen molar-refractivity contribution in [3.8, 4) is 0 Å². The molecule has 1 aliphatic heterocycles. The van der Waals surface area contributed by atoms with Gasteiger partial charge >= 0.3 is 11.9 Å². The highest BCUT2D eigenvalue weighted by Gasteiger charge is 2.63. The third kappa shape index (κ3) is 3.77. The van der Waals surface area contributed by atoms with Crippen LogP contribution in [0.3, 0.4) is 0 Å². The molecule has 0 bridgehead atoms. The van der Waals surface area contributed by atoms with Crippen molar-refractivity contribution in [2.24, 2.45) is 22.7 Å². The molecule has 0 N–H and O–H groups in total. The van der Waals surface area contributed by atoms with Gasteiger partial charge in [0.05, 0.1) is 0 Å². The second-order valence-corrected chi connectivity index (χ2v) is 9.33. The van der Waals surface area contributed by atoms with Crippen LogP contribution in [0.25, 0.3) is 0 Å². The summed E-state index contributed by atoms with van der Waals surface area (Å²) in [7, 11) is 0. The smallest absolute Gasteiger partial charge is 0.333 e. The van der Waals surface area contributed by atoms with Gasteiger partial charge in [-0.1, -0.05) is 19.9 Å². The predicted octanol–water partition coefficient (Wildman–Crippen LogP) is 3.73. The number of carbonyl (C=O) groups is 4. The molecule has 2 saturated carbocycles. The summed E-state index contributed by atoms with van der Waals surface area (Å²) < 4.78 is 10.6. The number of ketones is 2. The van der Waals surface area contributed by atoms with Crippen molar-refractivity contribution in [2.75, 3.05) is 13.2 Å². The zero-order valence-electron chi connectivity index (χ0n) is 18.4. The molecule has 3 aliphatic rings. The number of allylic oxidation sites excluding steroid dienone is 1. The molecule has 0 aromatic carbocycles. The molecule has 2 fully saturated rings. The Bertz CT molecular complexity index is 822. The Morgan fingerprint density at radius 1 is 1.30 bits per heavy atom. The first-order valence-corrected chi connectivity index (χ1v) is 10.9. The van der Waals surface area contributed by atoms with Crippen molar-refractivity contribution in [2.45, 2.75) is 66.2 Å². The van der Waals surface area contributed by atoms with Gasteiger partial charge in [0, 0.05) is 24.5 Å². The molecule has 2 aliphatic carbocycles. The summed E-state index contributed by atoms with van der Waals surface area (Å²) in [6.45, 7) is 7.78. The number of Topliss-reactive ketones (excluding diaryl/α,β-unsaturated/α-hetero) is 2. The molecular weight excluding hydrogens is 384 g/mol. The van der Waals surface area contributed by atoms with Gasteiger partial charge in [0.25, 0.3) is 0 Å².